The molecule has 1 saturated heterocycles. The number of hydrogen-bond donors (Lipinski definition) is 0. The molecule has 1 aromatic carbocycles. The molecule has 0 atom stereocenters. The van der Waals surface area contributed by atoms with Gasteiger partial charge < -0.3 is 9.80 Å². The molecule has 3 rings (SSSR count). The molecule has 2 heterocycles. The number of nitrogens with zero attached hydrogens (tertiary/aromatic N) is 4. The number of hydrogen-bond acceptors (Lipinski definition) is 5. The lowest BCUT2D eigenvalue weighted by atomic mass is 10.0. The highest BCUT2D eigenvalue weighted by Crippen LogP contribution is 2.19. The first-order valence-electron chi connectivity index (χ1n) is 11.6. The maximum atomic E-state index is 13.0. The lowest BCUT2D eigenvalue weighted by Crippen LogP contribution is -2.48. The van der Waals surface area contributed by atoms with Gasteiger partial charge in [0.1, 0.15) is 0 Å². The van der Waals surface area contributed by atoms with Crippen LogP contribution in [0.1, 0.15) is 48.6 Å². The Hall–Kier alpha value is -2.12. The zero-order valence-electron chi connectivity index (χ0n) is 19.9. The predicted octanol–water partition coefficient (Wildman–Crippen LogP) is 3.41. The molecule has 1 aromatic heterocycles. The average Bonchev–Trinajstić information content (AvgIpc) is 2.79. The number of aryl methyl sites for hydroxylation is 2. The highest BCUT2D eigenvalue weighted by Gasteiger charge is 2.19. The van der Waals surface area contributed by atoms with E-state index in [-0.39, 0.29) is 11.5 Å². The van der Waals surface area contributed by atoms with E-state index in [1.54, 1.807) is 23.4 Å². The number of carbonyl (C=O) groups excluding carboxylic acids is 1. The minimum atomic E-state index is 0.0305. The fourth-order valence-electron chi connectivity index (χ4n) is 4.10. The van der Waals surface area contributed by atoms with Gasteiger partial charge in [0.15, 0.2) is 5.16 Å². The number of benzene rings is 1. The van der Waals surface area contributed by atoms with Crippen LogP contribution in [0.2, 0.25) is 0 Å². The first kappa shape index (κ1) is 24.5. The van der Waals surface area contributed by atoms with Crippen LogP contribution in [-0.4, -0.2) is 63.7 Å². The molecule has 6 nitrogen and oxygen atoms in total. The number of aromatic nitrogens is 2. The van der Waals surface area contributed by atoms with Crippen molar-refractivity contribution in [2.45, 2.75) is 51.6 Å². The Morgan fingerprint density at radius 1 is 1.12 bits per heavy atom. The molecule has 1 aliphatic rings. The van der Waals surface area contributed by atoms with E-state index in [0.717, 1.165) is 73.3 Å². The van der Waals surface area contributed by atoms with Crippen LogP contribution < -0.4 is 5.56 Å². The third-order valence-corrected chi connectivity index (χ3v) is 7.32. The number of amides is 1. The number of rotatable bonds is 9. The van der Waals surface area contributed by atoms with Gasteiger partial charge in [-0.25, -0.2) is 4.98 Å². The lowest BCUT2D eigenvalue weighted by molar-refractivity contribution is -0.133. The Balaban J connectivity index is 1.48. The van der Waals surface area contributed by atoms with Crippen molar-refractivity contribution in [3.05, 3.63) is 57.0 Å². The number of unbranched alkanes of at least 4 members (excludes halogenated alkanes) is 1. The van der Waals surface area contributed by atoms with Crippen LogP contribution in [0.4, 0.5) is 0 Å². The van der Waals surface area contributed by atoms with Gasteiger partial charge in [-0.2, -0.15) is 0 Å². The van der Waals surface area contributed by atoms with Crippen LogP contribution in [0.5, 0.6) is 0 Å². The van der Waals surface area contributed by atoms with Gasteiger partial charge in [0, 0.05) is 63.1 Å². The van der Waals surface area contributed by atoms with E-state index in [1.807, 2.05) is 17.9 Å². The summed E-state index contributed by atoms with van der Waals surface area (Å²) in [5.41, 5.74) is 3.92. The van der Waals surface area contributed by atoms with Gasteiger partial charge in [0.05, 0.1) is 0 Å². The quantitative estimate of drug-likeness (QED) is 0.329. The topological polar surface area (TPSA) is 58.4 Å². The van der Waals surface area contributed by atoms with Crippen LogP contribution in [0.25, 0.3) is 0 Å². The smallest absolute Gasteiger partial charge is 0.257 e. The molecule has 0 saturated carbocycles. The van der Waals surface area contributed by atoms with E-state index in [2.05, 4.69) is 36.9 Å². The highest BCUT2D eigenvalue weighted by molar-refractivity contribution is 7.99. The van der Waals surface area contributed by atoms with E-state index in [4.69, 9.17) is 4.98 Å². The maximum Gasteiger partial charge on any atom is 0.257 e. The standard InChI is InChI=1S/C25H36N4O2S/c1-5-28-12-14-29(15-13-28)23(30)11-6-7-16-32-25-26-20(3)22(24(31)27(25)4)18-21-10-8-9-19(2)17-21/h8-10,17H,5-7,11-16,18H2,1-4H3. The summed E-state index contributed by atoms with van der Waals surface area (Å²) in [5.74, 6) is 1.13. The summed E-state index contributed by atoms with van der Waals surface area (Å²) in [5, 5.41) is 0.752. The van der Waals surface area contributed by atoms with Crippen LogP contribution >= 0.6 is 11.8 Å². The molecular weight excluding hydrogens is 420 g/mol. The van der Waals surface area contributed by atoms with Crippen molar-refractivity contribution in [1.29, 1.82) is 0 Å². The molecule has 1 fully saturated rings. The van der Waals surface area contributed by atoms with E-state index in [0.29, 0.717) is 12.8 Å². The zero-order valence-corrected chi connectivity index (χ0v) is 20.7. The second-order valence-corrected chi connectivity index (χ2v) is 9.67. The molecule has 0 aliphatic carbocycles. The van der Waals surface area contributed by atoms with Gasteiger partial charge in [-0.15, -0.1) is 0 Å². The lowest BCUT2D eigenvalue weighted by Gasteiger charge is -2.34. The summed E-state index contributed by atoms with van der Waals surface area (Å²) in [6.45, 7) is 10.9. The van der Waals surface area contributed by atoms with Gasteiger partial charge in [-0.1, -0.05) is 48.5 Å². The van der Waals surface area contributed by atoms with Crippen molar-refractivity contribution in [2.24, 2.45) is 7.05 Å². The Bertz CT molecular complexity index is 980. The van der Waals surface area contributed by atoms with E-state index < -0.39 is 0 Å². The molecule has 1 aliphatic heterocycles. The van der Waals surface area contributed by atoms with Crippen LogP contribution in [0.3, 0.4) is 0 Å². The Morgan fingerprint density at radius 3 is 2.56 bits per heavy atom. The molecule has 2 aromatic rings. The van der Waals surface area contributed by atoms with Crippen molar-refractivity contribution in [3.8, 4) is 0 Å². The second kappa shape index (κ2) is 11.7. The first-order valence-corrected chi connectivity index (χ1v) is 12.6. The largest absolute Gasteiger partial charge is 0.340 e. The molecule has 174 valence electrons. The van der Waals surface area contributed by atoms with E-state index in [9.17, 15) is 9.59 Å². The van der Waals surface area contributed by atoms with Gasteiger partial charge in [0.2, 0.25) is 5.91 Å². The molecular formula is C25H36N4O2S. The summed E-state index contributed by atoms with van der Waals surface area (Å²) in [6.07, 6.45) is 3.02. The fraction of sp³-hybridized carbons (Fsp3) is 0.560. The molecule has 0 unspecified atom stereocenters. The second-order valence-electron chi connectivity index (χ2n) is 8.61. The number of likely N-dealkylation sites (N-methyl/N-ethyl adjacent to an activating group) is 1. The van der Waals surface area contributed by atoms with Gasteiger partial charge in [-0.3, -0.25) is 14.2 Å². The molecule has 0 spiro atoms. The normalized spacial score (nSPS) is 14.7. The first-order chi connectivity index (χ1) is 15.4. The van der Waals surface area contributed by atoms with Crippen LogP contribution in [0.15, 0.2) is 34.2 Å². The van der Waals surface area contributed by atoms with E-state index >= 15 is 0 Å². The van der Waals surface area contributed by atoms with Gasteiger partial charge >= 0.3 is 0 Å². The molecule has 0 radical (unpaired) electrons. The Labute approximate surface area is 196 Å². The van der Waals surface area contributed by atoms with E-state index in [1.165, 1.54) is 5.56 Å². The summed E-state index contributed by atoms with van der Waals surface area (Å²) in [6, 6.07) is 8.26. The number of piperazine rings is 1. The highest BCUT2D eigenvalue weighted by atomic mass is 32.2. The van der Waals surface area contributed by atoms with Crippen LogP contribution in [-0.2, 0) is 18.3 Å². The van der Waals surface area contributed by atoms with Gasteiger partial charge in [-0.05, 0) is 38.8 Å². The summed E-state index contributed by atoms with van der Waals surface area (Å²) >= 11 is 1.60. The van der Waals surface area contributed by atoms with Crippen molar-refractivity contribution in [3.63, 3.8) is 0 Å². The molecule has 0 N–H and O–H groups in total. The summed E-state index contributed by atoms with van der Waals surface area (Å²) in [4.78, 5) is 34.5. The van der Waals surface area contributed by atoms with Gasteiger partial charge in [0.25, 0.3) is 5.56 Å². The minimum Gasteiger partial charge on any atom is -0.340 e. The monoisotopic (exact) mass is 456 g/mol. The Kier molecular flexibility index (Phi) is 8.93. The van der Waals surface area contributed by atoms with Crippen LogP contribution in [0, 0.1) is 13.8 Å². The molecule has 32 heavy (non-hydrogen) atoms. The zero-order chi connectivity index (χ0) is 23.1. The van der Waals surface area contributed by atoms with Crippen molar-refractivity contribution < 1.29 is 4.79 Å². The third-order valence-electron chi connectivity index (χ3n) is 6.20. The SMILES string of the molecule is CCN1CCN(C(=O)CCCCSc2nc(C)c(Cc3cccc(C)c3)c(=O)n2C)CC1. The maximum absolute atomic E-state index is 13.0. The Morgan fingerprint density at radius 2 is 1.88 bits per heavy atom. The fourth-order valence-corrected chi connectivity index (χ4v) is 5.11. The molecule has 7 heteroatoms. The number of thioether (sulfide) groups is 1. The molecule has 0 bridgehead atoms. The van der Waals surface area contributed by atoms with Crippen molar-refractivity contribution in [2.75, 3.05) is 38.5 Å². The van der Waals surface area contributed by atoms with Crippen molar-refractivity contribution in [1.82, 2.24) is 19.4 Å². The number of carbonyl (C=O) groups is 1. The summed E-state index contributed by atoms with van der Waals surface area (Å²) in [7, 11) is 1.80. The minimum absolute atomic E-state index is 0.0305. The third kappa shape index (κ3) is 6.45. The van der Waals surface area contributed by atoms with Crippen molar-refractivity contribution >= 4 is 17.7 Å². The summed E-state index contributed by atoms with van der Waals surface area (Å²) < 4.78 is 1.67. The predicted molar refractivity (Wildman–Crippen MR) is 131 cm³/mol. The average molecular weight is 457 g/mol. The molecule has 1 amide bonds.